The van der Waals surface area contributed by atoms with Crippen LogP contribution in [0.15, 0.2) is 29.2 Å². The third kappa shape index (κ3) is 2.42. The highest BCUT2D eigenvalue weighted by Crippen LogP contribution is 2.36. The molecule has 0 N–H and O–H groups in total. The summed E-state index contributed by atoms with van der Waals surface area (Å²) in [7, 11) is -2.76. The molecule has 1 heterocycles. The van der Waals surface area contributed by atoms with Crippen LogP contribution in [0.25, 0.3) is 0 Å². The van der Waals surface area contributed by atoms with Crippen LogP contribution in [-0.2, 0) is 24.3 Å². The molecule has 0 radical (unpaired) electrons. The van der Waals surface area contributed by atoms with Crippen LogP contribution in [0.2, 0.25) is 0 Å². The molecule has 1 aromatic rings. The number of methoxy groups -OCH3 is 1. The average molecular weight is 311 g/mol. The van der Waals surface area contributed by atoms with Gasteiger partial charge in [-0.05, 0) is 32.4 Å². The van der Waals surface area contributed by atoms with Crippen molar-refractivity contribution in [1.82, 2.24) is 4.31 Å². The first-order valence-corrected chi connectivity index (χ1v) is 7.90. The first kappa shape index (κ1) is 15.5. The van der Waals surface area contributed by atoms with Gasteiger partial charge in [0.25, 0.3) is 15.9 Å². The van der Waals surface area contributed by atoms with Crippen LogP contribution in [0.4, 0.5) is 0 Å². The van der Waals surface area contributed by atoms with Crippen molar-refractivity contribution in [2.75, 3.05) is 13.7 Å². The van der Waals surface area contributed by atoms with Gasteiger partial charge in [0.05, 0.1) is 12.0 Å². The zero-order valence-corrected chi connectivity index (χ0v) is 12.9. The largest absolute Gasteiger partial charge is 0.468 e. The minimum Gasteiger partial charge on any atom is -0.468 e. The lowest BCUT2D eigenvalue weighted by Crippen LogP contribution is -2.41. The molecule has 7 heteroatoms. The van der Waals surface area contributed by atoms with E-state index < -0.39 is 27.3 Å². The summed E-state index contributed by atoms with van der Waals surface area (Å²) in [6.07, 6.45) is 0.115. The Bertz CT molecular complexity index is 680. The number of carbonyl (C=O) groups excluding carboxylic acids is 2. The highest BCUT2D eigenvalue weighted by molar-refractivity contribution is 7.89. The molecule has 21 heavy (non-hydrogen) atoms. The van der Waals surface area contributed by atoms with E-state index in [0.717, 1.165) is 9.87 Å². The molecule has 1 aliphatic heterocycles. The monoisotopic (exact) mass is 311 g/mol. The predicted octanol–water partition coefficient (Wildman–Crippen LogP) is 1.10. The van der Waals surface area contributed by atoms with Crippen molar-refractivity contribution < 1.29 is 22.7 Å². The van der Waals surface area contributed by atoms with Crippen molar-refractivity contribution in [3.8, 4) is 0 Å². The Morgan fingerprint density at radius 1 is 1.29 bits per heavy atom. The van der Waals surface area contributed by atoms with Crippen molar-refractivity contribution in [2.45, 2.75) is 25.2 Å². The van der Waals surface area contributed by atoms with Crippen LogP contribution in [0, 0.1) is 12.3 Å². The summed E-state index contributed by atoms with van der Waals surface area (Å²) in [6.45, 7) is 3.22. The van der Waals surface area contributed by atoms with Crippen molar-refractivity contribution in [3.63, 3.8) is 0 Å². The molecule has 1 amide bonds. The Labute approximate surface area is 123 Å². The lowest BCUT2D eigenvalue weighted by Gasteiger charge is -2.21. The van der Waals surface area contributed by atoms with Crippen molar-refractivity contribution in [3.05, 3.63) is 29.8 Å². The van der Waals surface area contributed by atoms with Crippen molar-refractivity contribution in [1.29, 1.82) is 0 Å². The minimum atomic E-state index is -3.94. The number of aryl methyl sites for hydroxylation is 1. The van der Waals surface area contributed by atoms with Crippen LogP contribution in [-0.4, -0.2) is 38.3 Å². The first-order chi connectivity index (χ1) is 9.73. The van der Waals surface area contributed by atoms with Crippen molar-refractivity contribution in [2.24, 2.45) is 5.41 Å². The number of rotatable bonds is 3. The number of esters is 1. The molecule has 0 bridgehead atoms. The lowest BCUT2D eigenvalue weighted by molar-refractivity contribution is -0.156. The van der Waals surface area contributed by atoms with Gasteiger partial charge in [-0.1, -0.05) is 17.7 Å². The molecule has 0 saturated carbocycles. The van der Waals surface area contributed by atoms with Gasteiger partial charge in [0, 0.05) is 6.54 Å². The van der Waals surface area contributed by atoms with Crippen molar-refractivity contribution >= 4 is 21.9 Å². The van der Waals surface area contributed by atoms with E-state index in [1.54, 1.807) is 12.1 Å². The quantitative estimate of drug-likeness (QED) is 0.617. The zero-order chi connectivity index (χ0) is 15.8. The number of carbonyl (C=O) groups is 2. The molecule has 6 nitrogen and oxygen atoms in total. The molecule has 0 spiro atoms. The van der Waals surface area contributed by atoms with E-state index in [1.165, 1.54) is 26.2 Å². The Morgan fingerprint density at radius 2 is 1.86 bits per heavy atom. The van der Waals surface area contributed by atoms with Crippen LogP contribution in [0.5, 0.6) is 0 Å². The molecule has 114 valence electrons. The van der Waals surface area contributed by atoms with Crippen LogP contribution in [0.1, 0.15) is 18.9 Å². The maximum Gasteiger partial charge on any atom is 0.321 e. The third-order valence-electron chi connectivity index (χ3n) is 3.76. The molecule has 0 aromatic heterocycles. The summed E-state index contributed by atoms with van der Waals surface area (Å²) >= 11 is 0. The van der Waals surface area contributed by atoms with Gasteiger partial charge in [-0.25, -0.2) is 12.7 Å². The normalized spacial score (nSPS) is 22.4. The van der Waals surface area contributed by atoms with Crippen LogP contribution >= 0.6 is 0 Å². The van der Waals surface area contributed by atoms with Crippen LogP contribution in [0.3, 0.4) is 0 Å². The Balaban J connectivity index is 2.37. The Morgan fingerprint density at radius 3 is 2.38 bits per heavy atom. The van der Waals surface area contributed by atoms with Gasteiger partial charge in [0.2, 0.25) is 0 Å². The number of hydrogen-bond donors (Lipinski definition) is 0. The smallest absolute Gasteiger partial charge is 0.321 e. The number of nitrogens with zero attached hydrogens (tertiary/aromatic N) is 1. The summed E-state index contributed by atoms with van der Waals surface area (Å²) in [6, 6.07) is 6.22. The average Bonchev–Trinajstić information content (AvgIpc) is 2.76. The third-order valence-corrected chi connectivity index (χ3v) is 5.55. The van der Waals surface area contributed by atoms with Gasteiger partial charge in [0.15, 0.2) is 0 Å². The van der Waals surface area contributed by atoms with Crippen LogP contribution < -0.4 is 0 Å². The van der Waals surface area contributed by atoms with Gasteiger partial charge in [0.1, 0.15) is 5.41 Å². The molecule has 0 unspecified atom stereocenters. The van der Waals surface area contributed by atoms with Gasteiger partial charge >= 0.3 is 5.97 Å². The molecular formula is C14H17NO5S. The van der Waals surface area contributed by atoms with E-state index in [0.29, 0.717) is 0 Å². The van der Waals surface area contributed by atoms with Gasteiger partial charge in [-0.3, -0.25) is 9.59 Å². The van der Waals surface area contributed by atoms with Gasteiger partial charge < -0.3 is 4.74 Å². The predicted molar refractivity (Wildman–Crippen MR) is 74.8 cm³/mol. The number of benzene rings is 1. The summed E-state index contributed by atoms with van der Waals surface area (Å²) in [5.74, 6) is -1.45. The second kappa shape index (κ2) is 5.14. The first-order valence-electron chi connectivity index (χ1n) is 6.46. The standard InChI is InChI=1S/C14H17NO5S/c1-10-4-6-11(7-5-10)21(18,19)15-9-8-14(2,12(15)16)13(17)20-3/h4-7H,8-9H2,1-3H3/t14-/m0/s1. The summed E-state index contributed by atoms with van der Waals surface area (Å²) < 4.78 is 30.4. The van der Waals surface area contributed by atoms with E-state index in [1.807, 2.05) is 6.92 Å². The van der Waals surface area contributed by atoms with E-state index >= 15 is 0 Å². The molecule has 2 rings (SSSR count). The number of amides is 1. The summed E-state index contributed by atoms with van der Waals surface area (Å²) in [5.41, 5.74) is -0.520. The minimum absolute atomic E-state index is 0.0271. The Hall–Kier alpha value is -1.89. The Kier molecular flexibility index (Phi) is 3.79. The van der Waals surface area contributed by atoms with E-state index in [2.05, 4.69) is 4.74 Å². The molecule has 0 aliphatic carbocycles. The van der Waals surface area contributed by atoms with Gasteiger partial charge in [-0.15, -0.1) is 0 Å². The molecule has 1 aliphatic rings. The molecule has 1 atom stereocenters. The maximum atomic E-state index is 12.5. The lowest BCUT2D eigenvalue weighted by atomic mass is 9.89. The molecular weight excluding hydrogens is 294 g/mol. The number of ether oxygens (including phenoxy) is 1. The van der Waals surface area contributed by atoms with E-state index in [4.69, 9.17) is 0 Å². The van der Waals surface area contributed by atoms with E-state index in [9.17, 15) is 18.0 Å². The fraction of sp³-hybridized carbons (Fsp3) is 0.429. The molecule has 1 fully saturated rings. The molecule has 1 aromatic carbocycles. The second-order valence-electron chi connectivity index (χ2n) is 5.27. The maximum absolute atomic E-state index is 12.5. The zero-order valence-electron chi connectivity index (χ0n) is 12.1. The highest BCUT2D eigenvalue weighted by atomic mass is 32.2. The summed E-state index contributed by atoms with van der Waals surface area (Å²) in [4.78, 5) is 24.1. The fourth-order valence-corrected chi connectivity index (χ4v) is 3.78. The number of sulfonamides is 1. The SMILES string of the molecule is COC(=O)[C@@]1(C)CCN(S(=O)(=O)c2ccc(C)cc2)C1=O. The summed E-state index contributed by atoms with van der Waals surface area (Å²) in [5, 5.41) is 0. The number of hydrogen-bond acceptors (Lipinski definition) is 5. The molecule has 1 saturated heterocycles. The fourth-order valence-electron chi connectivity index (χ4n) is 2.29. The topological polar surface area (TPSA) is 80.8 Å². The van der Waals surface area contributed by atoms with Gasteiger partial charge in [-0.2, -0.15) is 0 Å². The highest BCUT2D eigenvalue weighted by Gasteiger charge is 2.53. The second-order valence-corrected chi connectivity index (χ2v) is 7.13. The van der Waals surface area contributed by atoms with E-state index in [-0.39, 0.29) is 17.9 Å².